The van der Waals surface area contributed by atoms with Gasteiger partial charge in [0.25, 0.3) is 5.69 Å². The van der Waals surface area contributed by atoms with Gasteiger partial charge in [0.2, 0.25) is 5.95 Å². The summed E-state index contributed by atoms with van der Waals surface area (Å²) in [4.78, 5) is 34.8. The number of benzene rings is 1. The van der Waals surface area contributed by atoms with Gasteiger partial charge in [-0.1, -0.05) is 17.2 Å². The van der Waals surface area contributed by atoms with E-state index in [0.29, 0.717) is 5.56 Å². The summed E-state index contributed by atoms with van der Waals surface area (Å²) in [6, 6.07) is 4.79. The number of nitro groups is 1. The van der Waals surface area contributed by atoms with Crippen molar-refractivity contribution >= 4 is 23.4 Å². The van der Waals surface area contributed by atoms with Crippen LogP contribution in [0.2, 0.25) is 0 Å². The number of carbonyl (C=O) groups excluding carboxylic acids is 2. The number of ketones is 1. The van der Waals surface area contributed by atoms with Gasteiger partial charge in [-0.05, 0) is 22.9 Å². The molecule has 25 heavy (non-hydrogen) atoms. The minimum absolute atomic E-state index is 0.0483. The quantitative estimate of drug-likeness (QED) is 0.479. The fraction of sp³-hybridized carbons (Fsp3) is 0.214. The molecule has 11 nitrogen and oxygen atoms in total. The normalized spacial score (nSPS) is 16.0. The van der Waals surface area contributed by atoms with E-state index in [2.05, 4.69) is 20.8 Å². The SMILES string of the molecule is COC(=O)C1=C(C(C)=O)C(c2cccc([N+](=O)[O-])c2)n2nnnc2N1. The topological polar surface area (TPSA) is 142 Å². The molecular weight excluding hydrogens is 332 g/mol. The summed E-state index contributed by atoms with van der Waals surface area (Å²) in [5, 5.41) is 24.8. The van der Waals surface area contributed by atoms with E-state index in [1.54, 1.807) is 6.07 Å². The highest BCUT2D eigenvalue weighted by Crippen LogP contribution is 2.36. The number of hydrogen-bond acceptors (Lipinski definition) is 9. The van der Waals surface area contributed by atoms with Gasteiger partial charge >= 0.3 is 5.97 Å². The molecule has 1 unspecified atom stereocenters. The fourth-order valence-corrected chi connectivity index (χ4v) is 2.64. The zero-order valence-electron chi connectivity index (χ0n) is 13.2. The summed E-state index contributed by atoms with van der Waals surface area (Å²) >= 11 is 0. The molecule has 128 valence electrons. The van der Waals surface area contributed by atoms with Crippen molar-refractivity contribution in [3.63, 3.8) is 0 Å². The van der Waals surface area contributed by atoms with Crippen LogP contribution in [-0.4, -0.2) is 44.0 Å². The van der Waals surface area contributed by atoms with Crippen molar-refractivity contribution in [3.8, 4) is 0 Å². The van der Waals surface area contributed by atoms with E-state index in [1.807, 2.05) is 0 Å². The molecule has 1 aliphatic rings. The molecule has 0 saturated carbocycles. The number of nitrogens with one attached hydrogen (secondary N) is 1. The molecule has 2 heterocycles. The number of rotatable bonds is 4. The molecule has 0 bridgehead atoms. The largest absolute Gasteiger partial charge is 0.464 e. The van der Waals surface area contributed by atoms with Crippen LogP contribution in [0.15, 0.2) is 35.5 Å². The zero-order valence-corrected chi connectivity index (χ0v) is 13.2. The number of Topliss-reactive ketones (excluding diaryl/α,β-unsaturated/α-hetero) is 1. The zero-order chi connectivity index (χ0) is 18.1. The number of hydrogen-bond donors (Lipinski definition) is 1. The van der Waals surface area contributed by atoms with Crippen LogP contribution in [-0.2, 0) is 14.3 Å². The number of ether oxygens (including phenoxy) is 1. The lowest BCUT2D eigenvalue weighted by Gasteiger charge is -2.27. The Morgan fingerprint density at radius 2 is 2.16 bits per heavy atom. The summed E-state index contributed by atoms with van der Waals surface area (Å²) in [7, 11) is 1.18. The van der Waals surface area contributed by atoms with E-state index in [9.17, 15) is 19.7 Å². The Labute approximate surface area is 140 Å². The van der Waals surface area contributed by atoms with Crippen LogP contribution in [0.3, 0.4) is 0 Å². The molecule has 0 radical (unpaired) electrons. The van der Waals surface area contributed by atoms with Crippen molar-refractivity contribution in [2.75, 3.05) is 12.4 Å². The number of carbonyl (C=O) groups is 2. The maximum absolute atomic E-state index is 12.2. The molecule has 3 rings (SSSR count). The third-order valence-electron chi connectivity index (χ3n) is 3.68. The van der Waals surface area contributed by atoms with Gasteiger partial charge < -0.3 is 10.1 Å². The Kier molecular flexibility index (Phi) is 3.97. The second-order valence-electron chi connectivity index (χ2n) is 5.16. The van der Waals surface area contributed by atoms with Crippen LogP contribution >= 0.6 is 0 Å². The lowest BCUT2D eigenvalue weighted by Crippen LogP contribution is -2.32. The number of non-ortho nitro benzene ring substituents is 1. The molecule has 0 fully saturated rings. The predicted octanol–water partition coefficient (Wildman–Crippen LogP) is 0.612. The molecule has 0 aliphatic carbocycles. The minimum Gasteiger partial charge on any atom is -0.464 e. The highest BCUT2D eigenvalue weighted by molar-refractivity contribution is 6.06. The average molecular weight is 344 g/mol. The number of tetrazole rings is 1. The first-order chi connectivity index (χ1) is 11.9. The van der Waals surface area contributed by atoms with Gasteiger partial charge in [0.15, 0.2) is 5.78 Å². The molecule has 0 saturated heterocycles. The number of fused-ring (bicyclic) bond motifs is 1. The molecule has 0 amide bonds. The lowest BCUT2D eigenvalue weighted by molar-refractivity contribution is -0.384. The highest BCUT2D eigenvalue weighted by Gasteiger charge is 2.37. The fourth-order valence-electron chi connectivity index (χ4n) is 2.64. The van der Waals surface area contributed by atoms with Crippen LogP contribution in [0.5, 0.6) is 0 Å². The van der Waals surface area contributed by atoms with Crippen LogP contribution in [0.25, 0.3) is 0 Å². The van der Waals surface area contributed by atoms with Crippen LogP contribution in [0.4, 0.5) is 11.6 Å². The molecule has 0 spiro atoms. The molecule has 2 aromatic rings. The van der Waals surface area contributed by atoms with E-state index in [0.717, 1.165) is 0 Å². The summed E-state index contributed by atoms with van der Waals surface area (Å²) in [6.07, 6.45) is 0. The Bertz CT molecular complexity index is 918. The third-order valence-corrected chi connectivity index (χ3v) is 3.68. The summed E-state index contributed by atoms with van der Waals surface area (Å²) in [5.41, 5.74) is 0.171. The van der Waals surface area contributed by atoms with Crippen LogP contribution in [0.1, 0.15) is 18.5 Å². The molecule has 1 N–H and O–H groups in total. The van der Waals surface area contributed by atoms with Gasteiger partial charge in [-0.25, -0.2) is 4.79 Å². The summed E-state index contributed by atoms with van der Waals surface area (Å²) in [5.74, 6) is -1.08. The average Bonchev–Trinajstić information content (AvgIpc) is 3.07. The summed E-state index contributed by atoms with van der Waals surface area (Å²) in [6.45, 7) is 1.28. The smallest absolute Gasteiger partial charge is 0.355 e. The maximum atomic E-state index is 12.2. The maximum Gasteiger partial charge on any atom is 0.355 e. The molecule has 1 aliphatic heterocycles. The lowest BCUT2D eigenvalue weighted by atomic mass is 9.92. The second-order valence-corrected chi connectivity index (χ2v) is 5.16. The third kappa shape index (κ3) is 2.71. The molecule has 11 heteroatoms. The molecule has 1 aromatic carbocycles. The van der Waals surface area contributed by atoms with Crippen LogP contribution in [0, 0.1) is 10.1 Å². The van der Waals surface area contributed by atoms with Gasteiger partial charge in [-0.3, -0.25) is 14.9 Å². The number of methoxy groups -OCH3 is 1. The monoisotopic (exact) mass is 344 g/mol. The van der Waals surface area contributed by atoms with Gasteiger partial charge in [0, 0.05) is 12.1 Å². The molecule has 1 atom stereocenters. The van der Waals surface area contributed by atoms with E-state index < -0.39 is 22.7 Å². The number of nitro benzene ring substituents is 1. The highest BCUT2D eigenvalue weighted by atomic mass is 16.6. The van der Waals surface area contributed by atoms with Crippen LogP contribution < -0.4 is 5.32 Å². The van der Waals surface area contributed by atoms with E-state index in [-0.39, 0.29) is 22.9 Å². The van der Waals surface area contributed by atoms with Crippen molar-refractivity contribution in [1.82, 2.24) is 20.2 Å². The number of anilines is 1. The number of allylic oxidation sites excluding steroid dienone is 1. The van der Waals surface area contributed by atoms with Gasteiger partial charge in [-0.15, -0.1) is 0 Å². The number of nitrogens with zero attached hydrogens (tertiary/aromatic N) is 5. The van der Waals surface area contributed by atoms with Crippen molar-refractivity contribution in [2.24, 2.45) is 0 Å². The van der Waals surface area contributed by atoms with Crippen molar-refractivity contribution in [1.29, 1.82) is 0 Å². The van der Waals surface area contributed by atoms with E-state index in [1.165, 1.54) is 36.9 Å². The first kappa shape index (κ1) is 16.2. The van der Waals surface area contributed by atoms with Crippen molar-refractivity contribution in [3.05, 3.63) is 51.2 Å². The summed E-state index contributed by atoms with van der Waals surface area (Å²) < 4.78 is 5.99. The van der Waals surface area contributed by atoms with Crippen molar-refractivity contribution < 1.29 is 19.2 Å². The van der Waals surface area contributed by atoms with E-state index >= 15 is 0 Å². The standard InChI is InChI=1S/C14H12N6O5/c1-7(21)10-11(13(22)25-2)15-14-16-17-18-19(14)12(10)8-4-3-5-9(6-8)20(23)24/h3-6,12H,1-2H3,(H,15,16,18). The van der Waals surface area contributed by atoms with Gasteiger partial charge in [0.05, 0.1) is 17.6 Å². The first-order valence-corrected chi connectivity index (χ1v) is 7.06. The number of aromatic nitrogens is 4. The second kappa shape index (κ2) is 6.11. The van der Waals surface area contributed by atoms with E-state index in [4.69, 9.17) is 4.74 Å². The minimum atomic E-state index is -0.905. The molecule has 1 aromatic heterocycles. The Morgan fingerprint density at radius 3 is 2.80 bits per heavy atom. The van der Waals surface area contributed by atoms with Crippen molar-refractivity contribution in [2.45, 2.75) is 13.0 Å². The number of esters is 1. The van der Waals surface area contributed by atoms with Gasteiger partial charge in [0.1, 0.15) is 11.7 Å². The molecular formula is C14H12N6O5. The Hall–Kier alpha value is -3.63. The Morgan fingerprint density at radius 1 is 1.40 bits per heavy atom. The van der Waals surface area contributed by atoms with Gasteiger partial charge in [-0.2, -0.15) is 4.68 Å². The first-order valence-electron chi connectivity index (χ1n) is 7.06. The Balaban J connectivity index is 2.25. The predicted molar refractivity (Wildman–Crippen MR) is 82.4 cm³/mol.